The van der Waals surface area contributed by atoms with Gasteiger partial charge in [-0.15, -0.1) is 0 Å². The number of carbonyl (C=O) groups excluding carboxylic acids is 2. The van der Waals surface area contributed by atoms with E-state index >= 15 is 0 Å². The zero-order valence-corrected chi connectivity index (χ0v) is 22.3. The van der Waals surface area contributed by atoms with Crippen molar-refractivity contribution in [1.82, 2.24) is 14.7 Å². The quantitative estimate of drug-likeness (QED) is 0.348. The Kier molecular flexibility index (Phi) is 7.34. The summed E-state index contributed by atoms with van der Waals surface area (Å²) in [5, 5.41) is 9.80. The van der Waals surface area contributed by atoms with Gasteiger partial charge in [0.2, 0.25) is 5.91 Å². The summed E-state index contributed by atoms with van der Waals surface area (Å²) in [6.45, 7) is 9.95. The van der Waals surface area contributed by atoms with Gasteiger partial charge in [-0.3, -0.25) is 9.59 Å². The number of rotatable bonds is 7. The van der Waals surface area contributed by atoms with Crippen LogP contribution < -0.4 is 10.1 Å². The second-order valence-electron chi connectivity index (χ2n) is 10.4. The van der Waals surface area contributed by atoms with Crippen LogP contribution in [-0.4, -0.2) is 46.2 Å². The van der Waals surface area contributed by atoms with Crippen LogP contribution in [0.15, 0.2) is 72.8 Å². The van der Waals surface area contributed by atoms with E-state index in [2.05, 4.69) is 26.1 Å². The van der Waals surface area contributed by atoms with Crippen LogP contribution in [0.4, 0.5) is 5.82 Å². The molecule has 192 valence electrons. The third kappa shape index (κ3) is 5.82. The summed E-state index contributed by atoms with van der Waals surface area (Å²) in [6.07, 6.45) is 0. The molecule has 7 heteroatoms. The highest BCUT2D eigenvalue weighted by Crippen LogP contribution is 2.27. The first-order chi connectivity index (χ1) is 17.6. The molecule has 0 saturated heterocycles. The Morgan fingerprint density at radius 1 is 0.973 bits per heavy atom. The highest BCUT2D eigenvalue weighted by molar-refractivity contribution is 6.01. The molecule has 0 bridgehead atoms. The maximum Gasteiger partial charge on any atom is 0.254 e. The average Bonchev–Trinajstić information content (AvgIpc) is 3.30. The number of methoxy groups -OCH3 is 1. The monoisotopic (exact) mass is 498 g/mol. The molecule has 4 aromatic rings. The van der Waals surface area contributed by atoms with Crippen LogP contribution in [0.2, 0.25) is 0 Å². The number of fused-ring (bicyclic) bond motifs is 1. The second kappa shape index (κ2) is 10.5. The largest absolute Gasteiger partial charge is 0.497 e. The fraction of sp³-hybridized carbons (Fsp3) is 0.300. The Morgan fingerprint density at radius 2 is 1.65 bits per heavy atom. The fourth-order valence-corrected chi connectivity index (χ4v) is 4.07. The van der Waals surface area contributed by atoms with Crippen LogP contribution >= 0.6 is 0 Å². The first-order valence-corrected chi connectivity index (χ1v) is 12.4. The summed E-state index contributed by atoms with van der Waals surface area (Å²) >= 11 is 0. The predicted octanol–water partition coefficient (Wildman–Crippen LogP) is 5.82. The van der Waals surface area contributed by atoms with Crippen LogP contribution in [0.1, 0.15) is 50.7 Å². The molecule has 1 heterocycles. The lowest BCUT2D eigenvalue weighted by Crippen LogP contribution is -2.42. The minimum atomic E-state index is -0.294. The SMILES string of the molecule is COc1ccc(-n2nc(C(C)(C)C)cc2NC(=O)CN(C(=O)c2ccc3ccccc3c2)C(C)C)cc1. The summed E-state index contributed by atoms with van der Waals surface area (Å²) in [5.74, 6) is 0.798. The zero-order valence-electron chi connectivity index (χ0n) is 22.3. The standard InChI is InChI=1S/C30H34N4O3/c1-20(2)33(29(36)23-12-11-21-9-7-8-10-22(21)17-23)19-28(35)31-27-18-26(30(3,4)5)32-34(27)24-13-15-25(37-6)16-14-24/h7-18,20H,19H2,1-6H3,(H,31,35). The summed E-state index contributed by atoms with van der Waals surface area (Å²) < 4.78 is 6.98. The van der Waals surface area contributed by atoms with E-state index in [4.69, 9.17) is 9.84 Å². The van der Waals surface area contributed by atoms with Crippen molar-refractivity contribution in [2.45, 2.75) is 46.1 Å². The van der Waals surface area contributed by atoms with Gasteiger partial charge in [0.15, 0.2) is 0 Å². The molecule has 1 aromatic heterocycles. The number of nitrogens with zero attached hydrogens (tertiary/aromatic N) is 3. The molecular weight excluding hydrogens is 464 g/mol. The maximum absolute atomic E-state index is 13.4. The van der Waals surface area contributed by atoms with Gasteiger partial charge < -0.3 is 15.0 Å². The Morgan fingerprint density at radius 3 is 2.27 bits per heavy atom. The van der Waals surface area contributed by atoms with Crippen LogP contribution in [-0.2, 0) is 10.2 Å². The molecule has 0 atom stereocenters. The van der Waals surface area contributed by atoms with E-state index in [9.17, 15) is 9.59 Å². The fourth-order valence-electron chi connectivity index (χ4n) is 4.07. The number of benzene rings is 3. The van der Waals surface area contributed by atoms with Crippen LogP contribution in [0.25, 0.3) is 16.5 Å². The van der Waals surface area contributed by atoms with Gasteiger partial charge in [0.25, 0.3) is 5.91 Å². The highest BCUT2D eigenvalue weighted by Gasteiger charge is 2.25. The molecule has 0 spiro atoms. The third-order valence-corrected chi connectivity index (χ3v) is 6.26. The lowest BCUT2D eigenvalue weighted by Gasteiger charge is -2.26. The molecule has 4 rings (SSSR count). The normalized spacial score (nSPS) is 11.5. The molecule has 1 N–H and O–H groups in total. The maximum atomic E-state index is 13.4. The van der Waals surface area contributed by atoms with Gasteiger partial charge in [0, 0.05) is 23.1 Å². The van der Waals surface area contributed by atoms with Gasteiger partial charge in [-0.1, -0.05) is 51.1 Å². The van der Waals surface area contributed by atoms with Gasteiger partial charge >= 0.3 is 0 Å². The van der Waals surface area contributed by atoms with E-state index in [1.807, 2.05) is 86.6 Å². The average molecular weight is 499 g/mol. The number of anilines is 1. The van der Waals surface area contributed by atoms with Gasteiger partial charge in [-0.25, -0.2) is 4.68 Å². The third-order valence-electron chi connectivity index (χ3n) is 6.26. The van der Waals surface area contributed by atoms with Crippen molar-refractivity contribution in [3.63, 3.8) is 0 Å². The van der Waals surface area contributed by atoms with E-state index in [0.29, 0.717) is 11.4 Å². The molecule has 0 aliphatic rings. The van der Waals surface area contributed by atoms with E-state index < -0.39 is 0 Å². The van der Waals surface area contributed by atoms with E-state index in [-0.39, 0.29) is 29.8 Å². The van der Waals surface area contributed by atoms with Crippen molar-refractivity contribution in [3.05, 3.63) is 84.1 Å². The number of hydrogen-bond acceptors (Lipinski definition) is 4. The predicted molar refractivity (Wildman–Crippen MR) is 148 cm³/mol. The molecular formula is C30H34N4O3. The van der Waals surface area contributed by atoms with Gasteiger partial charge in [-0.05, 0) is 61.0 Å². The Hall–Kier alpha value is -4.13. The highest BCUT2D eigenvalue weighted by atomic mass is 16.5. The summed E-state index contributed by atoms with van der Waals surface area (Å²) in [4.78, 5) is 28.3. The van der Waals surface area contributed by atoms with Crippen molar-refractivity contribution in [3.8, 4) is 11.4 Å². The number of carbonyl (C=O) groups is 2. The molecule has 0 aliphatic heterocycles. The Bertz CT molecular complexity index is 1420. The first kappa shape index (κ1) is 25.9. The number of hydrogen-bond donors (Lipinski definition) is 1. The Balaban J connectivity index is 1.58. The van der Waals surface area contributed by atoms with Crippen molar-refractivity contribution in [2.75, 3.05) is 19.0 Å². The first-order valence-electron chi connectivity index (χ1n) is 12.4. The summed E-state index contributed by atoms with van der Waals surface area (Å²) in [6, 6.07) is 22.7. The summed E-state index contributed by atoms with van der Waals surface area (Å²) in [7, 11) is 1.62. The molecule has 0 radical (unpaired) electrons. The van der Waals surface area contributed by atoms with Crippen molar-refractivity contribution in [1.29, 1.82) is 0 Å². The lowest BCUT2D eigenvalue weighted by atomic mass is 9.92. The smallest absolute Gasteiger partial charge is 0.254 e. The van der Waals surface area contributed by atoms with E-state index in [1.54, 1.807) is 16.7 Å². The molecule has 2 amide bonds. The number of nitrogens with one attached hydrogen (secondary N) is 1. The molecule has 0 unspecified atom stereocenters. The molecule has 0 saturated carbocycles. The zero-order chi connectivity index (χ0) is 26.7. The van der Waals surface area contributed by atoms with E-state index in [0.717, 1.165) is 27.9 Å². The van der Waals surface area contributed by atoms with Crippen LogP contribution in [0.3, 0.4) is 0 Å². The minimum Gasteiger partial charge on any atom is -0.497 e. The van der Waals surface area contributed by atoms with Crippen molar-refractivity contribution in [2.24, 2.45) is 0 Å². The minimum absolute atomic E-state index is 0.0814. The molecule has 0 fully saturated rings. The topological polar surface area (TPSA) is 76.5 Å². The van der Waals surface area contributed by atoms with Gasteiger partial charge in [0.05, 0.1) is 18.5 Å². The molecule has 7 nitrogen and oxygen atoms in total. The number of amides is 2. The Labute approximate surface area is 218 Å². The van der Waals surface area contributed by atoms with E-state index in [1.165, 1.54) is 0 Å². The molecule has 3 aromatic carbocycles. The lowest BCUT2D eigenvalue weighted by molar-refractivity contribution is -0.117. The second-order valence-corrected chi connectivity index (χ2v) is 10.4. The number of ether oxygens (including phenoxy) is 1. The summed E-state index contributed by atoms with van der Waals surface area (Å²) in [5.41, 5.74) is 1.97. The van der Waals surface area contributed by atoms with Gasteiger partial charge in [-0.2, -0.15) is 5.10 Å². The molecule has 37 heavy (non-hydrogen) atoms. The number of aromatic nitrogens is 2. The van der Waals surface area contributed by atoms with Crippen molar-refractivity contribution < 1.29 is 14.3 Å². The van der Waals surface area contributed by atoms with Gasteiger partial charge in [0.1, 0.15) is 18.1 Å². The van der Waals surface area contributed by atoms with Crippen LogP contribution in [0.5, 0.6) is 5.75 Å². The molecule has 0 aliphatic carbocycles. The van der Waals surface area contributed by atoms with Crippen LogP contribution in [0, 0.1) is 0 Å². The van der Waals surface area contributed by atoms with Crippen molar-refractivity contribution >= 4 is 28.4 Å².